The summed E-state index contributed by atoms with van der Waals surface area (Å²) >= 11 is 3.40. The normalized spacial score (nSPS) is 10.4. The topological polar surface area (TPSA) is 106 Å². The van der Waals surface area contributed by atoms with Gasteiger partial charge in [-0.05, 0) is 48.5 Å². The maximum absolute atomic E-state index is 12.7. The van der Waals surface area contributed by atoms with Crippen LogP contribution in [-0.2, 0) is 0 Å². The summed E-state index contributed by atoms with van der Waals surface area (Å²) in [6.07, 6.45) is 2.86. The van der Waals surface area contributed by atoms with Crippen molar-refractivity contribution in [3.8, 4) is 22.8 Å². The fourth-order valence-corrected chi connectivity index (χ4v) is 3.19. The van der Waals surface area contributed by atoms with Crippen molar-refractivity contribution in [1.82, 2.24) is 20.3 Å². The fraction of sp³-hybridized carbons (Fsp3) is 0.0417. The highest BCUT2D eigenvalue weighted by Crippen LogP contribution is 2.24. The molecule has 164 valence electrons. The zero-order valence-electron chi connectivity index (χ0n) is 17.4. The zero-order chi connectivity index (χ0) is 23.2. The summed E-state index contributed by atoms with van der Waals surface area (Å²) in [4.78, 5) is 36.7. The second-order valence-corrected chi connectivity index (χ2v) is 7.75. The molecule has 0 unspecified atom stereocenters. The van der Waals surface area contributed by atoms with E-state index in [1.165, 1.54) is 19.6 Å². The quantitative estimate of drug-likeness (QED) is 0.394. The summed E-state index contributed by atoms with van der Waals surface area (Å²) in [5, 5.41) is 5.33. The Hall–Kier alpha value is -4.11. The number of hydrogen-bond acceptors (Lipinski definition) is 6. The number of aromatic nitrogens is 3. The maximum Gasteiger partial charge on any atom is 0.274 e. The lowest BCUT2D eigenvalue weighted by Gasteiger charge is -2.09. The number of carbonyl (C=O) groups is 2. The molecule has 0 spiro atoms. The first-order chi connectivity index (χ1) is 16.0. The average molecular weight is 504 g/mol. The minimum absolute atomic E-state index is 0.252. The summed E-state index contributed by atoms with van der Waals surface area (Å²) in [6, 6.07) is 19.3. The predicted octanol–water partition coefficient (Wildman–Crippen LogP) is 4.71. The number of pyridine rings is 1. The van der Waals surface area contributed by atoms with E-state index >= 15 is 0 Å². The Morgan fingerprint density at radius 2 is 1.55 bits per heavy atom. The number of anilines is 1. The third-order valence-corrected chi connectivity index (χ3v) is 5.11. The van der Waals surface area contributed by atoms with Gasteiger partial charge >= 0.3 is 0 Å². The van der Waals surface area contributed by atoms with Gasteiger partial charge in [0.2, 0.25) is 0 Å². The van der Waals surface area contributed by atoms with Crippen LogP contribution in [0.2, 0.25) is 0 Å². The van der Waals surface area contributed by atoms with Crippen molar-refractivity contribution in [2.24, 2.45) is 0 Å². The van der Waals surface area contributed by atoms with Gasteiger partial charge < -0.3 is 15.4 Å². The Bertz CT molecular complexity index is 1290. The van der Waals surface area contributed by atoms with E-state index in [0.29, 0.717) is 22.9 Å². The van der Waals surface area contributed by atoms with Gasteiger partial charge in [0.25, 0.3) is 11.8 Å². The van der Waals surface area contributed by atoms with Crippen LogP contribution in [-0.4, -0.2) is 33.8 Å². The summed E-state index contributed by atoms with van der Waals surface area (Å²) in [6.45, 7) is 0. The summed E-state index contributed by atoms with van der Waals surface area (Å²) in [5.41, 5.74) is 2.62. The van der Waals surface area contributed by atoms with E-state index in [9.17, 15) is 9.59 Å². The number of nitrogens with zero attached hydrogens (tertiary/aromatic N) is 3. The number of ether oxygens (including phenoxy) is 1. The molecule has 33 heavy (non-hydrogen) atoms. The van der Waals surface area contributed by atoms with Crippen LogP contribution in [0.15, 0.2) is 83.7 Å². The lowest BCUT2D eigenvalue weighted by Crippen LogP contribution is -2.18. The molecule has 2 amide bonds. The highest BCUT2D eigenvalue weighted by Gasteiger charge is 2.11. The predicted molar refractivity (Wildman–Crippen MR) is 127 cm³/mol. The molecule has 2 heterocycles. The van der Waals surface area contributed by atoms with E-state index in [1.807, 2.05) is 24.3 Å². The molecule has 0 aliphatic rings. The van der Waals surface area contributed by atoms with E-state index in [0.717, 1.165) is 10.0 Å². The van der Waals surface area contributed by atoms with Crippen LogP contribution < -0.4 is 15.4 Å². The Labute approximate surface area is 198 Å². The number of benzene rings is 2. The lowest BCUT2D eigenvalue weighted by atomic mass is 10.1. The van der Waals surface area contributed by atoms with Gasteiger partial charge in [0.05, 0.1) is 5.69 Å². The molecule has 4 aromatic rings. The zero-order valence-corrected chi connectivity index (χ0v) is 19.0. The van der Waals surface area contributed by atoms with Crippen molar-refractivity contribution >= 4 is 33.4 Å². The first-order valence-electron chi connectivity index (χ1n) is 9.87. The van der Waals surface area contributed by atoms with Crippen LogP contribution in [0.5, 0.6) is 11.5 Å². The van der Waals surface area contributed by atoms with Gasteiger partial charge in [-0.25, -0.2) is 9.97 Å². The van der Waals surface area contributed by atoms with Gasteiger partial charge in [-0.15, -0.1) is 0 Å². The molecule has 0 saturated heterocycles. The number of amides is 2. The monoisotopic (exact) mass is 503 g/mol. The van der Waals surface area contributed by atoms with Gasteiger partial charge in [-0.3, -0.25) is 14.6 Å². The molecule has 2 N–H and O–H groups in total. The molecular weight excluding hydrogens is 486 g/mol. The Balaban J connectivity index is 1.43. The van der Waals surface area contributed by atoms with E-state index in [-0.39, 0.29) is 23.2 Å². The third-order valence-electron chi connectivity index (χ3n) is 4.58. The van der Waals surface area contributed by atoms with Gasteiger partial charge in [0.15, 0.2) is 0 Å². The van der Waals surface area contributed by atoms with Gasteiger partial charge in [0.1, 0.15) is 29.2 Å². The largest absolute Gasteiger partial charge is 0.457 e. The van der Waals surface area contributed by atoms with Gasteiger partial charge in [-0.1, -0.05) is 28.1 Å². The van der Waals surface area contributed by atoms with Crippen molar-refractivity contribution in [1.29, 1.82) is 0 Å². The maximum atomic E-state index is 12.7. The van der Waals surface area contributed by atoms with Crippen LogP contribution in [0.3, 0.4) is 0 Å². The minimum Gasteiger partial charge on any atom is -0.457 e. The third kappa shape index (κ3) is 5.58. The first-order valence-corrected chi connectivity index (χ1v) is 10.7. The number of nitrogens with one attached hydrogen (secondary N) is 2. The molecule has 4 rings (SSSR count). The second-order valence-electron chi connectivity index (χ2n) is 6.83. The van der Waals surface area contributed by atoms with E-state index in [1.54, 1.807) is 42.5 Å². The molecule has 9 heteroatoms. The molecule has 0 radical (unpaired) electrons. The van der Waals surface area contributed by atoms with Crippen molar-refractivity contribution < 1.29 is 14.3 Å². The minimum atomic E-state index is -0.353. The van der Waals surface area contributed by atoms with Crippen LogP contribution in [0.25, 0.3) is 11.3 Å². The average Bonchev–Trinajstić information content (AvgIpc) is 2.85. The molecule has 2 aromatic heterocycles. The van der Waals surface area contributed by atoms with Crippen LogP contribution in [0, 0.1) is 0 Å². The number of hydrogen-bond donors (Lipinski definition) is 2. The summed E-state index contributed by atoms with van der Waals surface area (Å²) in [7, 11) is 1.54. The number of rotatable bonds is 6. The van der Waals surface area contributed by atoms with E-state index in [4.69, 9.17) is 4.74 Å². The fourth-order valence-electron chi connectivity index (χ4n) is 2.92. The molecule has 0 aliphatic heterocycles. The van der Waals surface area contributed by atoms with Gasteiger partial charge in [0, 0.05) is 35.0 Å². The SMILES string of the molecule is CNC(=O)c1cc(Oc2ccc(NC(=O)c3cc(-c4ccc(Br)cc4)ncn3)cc2)ccn1. The lowest BCUT2D eigenvalue weighted by molar-refractivity contribution is 0.0957. The highest BCUT2D eigenvalue weighted by atomic mass is 79.9. The summed E-state index contributed by atoms with van der Waals surface area (Å²) < 4.78 is 6.73. The molecule has 0 bridgehead atoms. The molecule has 2 aromatic carbocycles. The van der Waals surface area contributed by atoms with Crippen LogP contribution in [0.1, 0.15) is 21.0 Å². The summed E-state index contributed by atoms with van der Waals surface area (Å²) in [5.74, 6) is 0.365. The first kappa shape index (κ1) is 22.1. The molecule has 0 saturated carbocycles. The van der Waals surface area contributed by atoms with Gasteiger partial charge in [-0.2, -0.15) is 0 Å². The van der Waals surface area contributed by atoms with Crippen molar-refractivity contribution in [2.75, 3.05) is 12.4 Å². The van der Waals surface area contributed by atoms with Crippen LogP contribution in [0.4, 0.5) is 5.69 Å². The Kier molecular flexibility index (Phi) is 6.70. The van der Waals surface area contributed by atoms with E-state index < -0.39 is 0 Å². The molecule has 0 atom stereocenters. The second kappa shape index (κ2) is 10.0. The molecule has 0 aliphatic carbocycles. The highest BCUT2D eigenvalue weighted by molar-refractivity contribution is 9.10. The van der Waals surface area contributed by atoms with Crippen molar-refractivity contribution in [2.45, 2.75) is 0 Å². The molecular formula is C24H18BrN5O3. The molecule has 0 fully saturated rings. The van der Waals surface area contributed by atoms with Crippen LogP contribution >= 0.6 is 15.9 Å². The Morgan fingerprint density at radius 3 is 2.27 bits per heavy atom. The van der Waals surface area contributed by atoms with E-state index in [2.05, 4.69) is 41.5 Å². The standard InChI is InChI=1S/C24H18BrN5O3/c1-26-23(31)21-12-19(10-11-27-21)33-18-8-6-17(7-9-18)30-24(32)22-13-20(28-14-29-22)15-2-4-16(25)5-3-15/h2-14H,1H3,(H,26,31)(H,30,32). The number of halogens is 1. The van der Waals surface area contributed by atoms with Crippen molar-refractivity contribution in [3.63, 3.8) is 0 Å². The van der Waals surface area contributed by atoms with Crippen molar-refractivity contribution in [3.05, 3.63) is 95.1 Å². The number of carbonyl (C=O) groups excluding carboxylic acids is 2. The smallest absolute Gasteiger partial charge is 0.274 e. The Morgan fingerprint density at radius 1 is 0.818 bits per heavy atom. The molecule has 8 nitrogen and oxygen atoms in total.